The minimum absolute atomic E-state index is 0.00794. The van der Waals surface area contributed by atoms with Crippen molar-refractivity contribution in [3.8, 4) is 0 Å². The SMILES string of the molecule is CC1c2ccsc2CCN1C(=O)Nc1cccc(S(N)(=O)=O)c1. The van der Waals surface area contributed by atoms with E-state index in [9.17, 15) is 13.2 Å². The number of carbonyl (C=O) groups is 1. The zero-order chi connectivity index (χ0) is 16.6. The van der Waals surface area contributed by atoms with Gasteiger partial charge in [-0.3, -0.25) is 0 Å². The summed E-state index contributed by atoms with van der Waals surface area (Å²) in [6, 6.07) is 7.73. The molecule has 0 bridgehead atoms. The number of amides is 2. The first-order chi connectivity index (χ1) is 10.9. The molecule has 0 fully saturated rings. The van der Waals surface area contributed by atoms with Gasteiger partial charge in [0.05, 0.1) is 10.9 Å². The van der Waals surface area contributed by atoms with E-state index in [-0.39, 0.29) is 17.0 Å². The van der Waals surface area contributed by atoms with E-state index in [1.807, 2.05) is 18.4 Å². The lowest BCUT2D eigenvalue weighted by Crippen LogP contribution is -2.40. The number of nitrogens with zero attached hydrogens (tertiary/aromatic N) is 1. The third-order valence-electron chi connectivity index (χ3n) is 3.95. The van der Waals surface area contributed by atoms with Crippen LogP contribution in [-0.4, -0.2) is 25.9 Å². The highest BCUT2D eigenvalue weighted by molar-refractivity contribution is 7.89. The van der Waals surface area contributed by atoms with Crippen LogP contribution >= 0.6 is 11.3 Å². The molecule has 2 heterocycles. The number of urea groups is 1. The third-order valence-corrected chi connectivity index (χ3v) is 5.86. The number of thiophene rings is 1. The minimum atomic E-state index is -3.79. The number of fused-ring (bicyclic) bond motifs is 1. The lowest BCUT2D eigenvalue weighted by molar-refractivity contribution is 0.189. The van der Waals surface area contributed by atoms with Gasteiger partial charge < -0.3 is 10.2 Å². The van der Waals surface area contributed by atoms with Crippen molar-refractivity contribution >= 4 is 33.1 Å². The predicted molar refractivity (Wildman–Crippen MR) is 90.0 cm³/mol. The second kappa shape index (κ2) is 5.95. The van der Waals surface area contributed by atoms with E-state index in [4.69, 9.17) is 5.14 Å². The number of primary sulfonamides is 1. The van der Waals surface area contributed by atoms with Crippen LogP contribution in [0.15, 0.2) is 40.6 Å². The van der Waals surface area contributed by atoms with Crippen LogP contribution in [0.2, 0.25) is 0 Å². The summed E-state index contributed by atoms with van der Waals surface area (Å²) in [7, 11) is -3.79. The summed E-state index contributed by atoms with van der Waals surface area (Å²) in [5.74, 6) is 0. The molecule has 0 radical (unpaired) electrons. The molecule has 1 aromatic carbocycles. The monoisotopic (exact) mass is 351 g/mol. The molecule has 0 aliphatic carbocycles. The van der Waals surface area contributed by atoms with Crippen molar-refractivity contribution in [2.75, 3.05) is 11.9 Å². The van der Waals surface area contributed by atoms with E-state index in [1.54, 1.807) is 28.4 Å². The van der Waals surface area contributed by atoms with E-state index in [0.717, 1.165) is 6.42 Å². The average molecular weight is 351 g/mol. The van der Waals surface area contributed by atoms with Crippen LogP contribution in [0.1, 0.15) is 23.4 Å². The Kier molecular flexibility index (Phi) is 4.13. The van der Waals surface area contributed by atoms with E-state index >= 15 is 0 Å². The van der Waals surface area contributed by atoms with E-state index in [1.165, 1.54) is 22.6 Å². The number of hydrogen-bond donors (Lipinski definition) is 2. The lowest BCUT2D eigenvalue weighted by Gasteiger charge is -2.33. The van der Waals surface area contributed by atoms with E-state index in [0.29, 0.717) is 12.2 Å². The molecule has 23 heavy (non-hydrogen) atoms. The molecule has 0 saturated heterocycles. The first kappa shape index (κ1) is 16.0. The van der Waals surface area contributed by atoms with Crippen LogP contribution in [-0.2, 0) is 16.4 Å². The van der Waals surface area contributed by atoms with Gasteiger partial charge in [-0.1, -0.05) is 6.07 Å². The van der Waals surface area contributed by atoms with Gasteiger partial charge in [-0.15, -0.1) is 11.3 Å². The van der Waals surface area contributed by atoms with Crippen molar-refractivity contribution in [2.45, 2.75) is 24.3 Å². The maximum atomic E-state index is 12.5. The lowest BCUT2D eigenvalue weighted by atomic mass is 10.0. The highest BCUT2D eigenvalue weighted by Crippen LogP contribution is 2.33. The Hall–Kier alpha value is -1.90. The molecule has 3 rings (SSSR count). The van der Waals surface area contributed by atoms with Crippen molar-refractivity contribution in [3.05, 3.63) is 46.2 Å². The highest BCUT2D eigenvalue weighted by atomic mass is 32.2. The van der Waals surface area contributed by atoms with Gasteiger partial charge in [0.25, 0.3) is 0 Å². The van der Waals surface area contributed by atoms with E-state index in [2.05, 4.69) is 5.32 Å². The van der Waals surface area contributed by atoms with Gasteiger partial charge >= 0.3 is 6.03 Å². The Labute approximate surface area is 139 Å². The summed E-state index contributed by atoms with van der Waals surface area (Å²) in [6.45, 7) is 2.63. The second-order valence-electron chi connectivity index (χ2n) is 5.42. The number of nitrogens with two attached hydrogens (primary N) is 1. The fourth-order valence-corrected chi connectivity index (χ4v) is 4.26. The van der Waals surface area contributed by atoms with Gasteiger partial charge in [-0.25, -0.2) is 18.4 Å². The number of anilines is 1. The fourth-order valence-electron chi connectivity index (χ4n) is 2.73. The van der Waals surface area contributed by atoms with Crippen LogP contribution in [0.5, 0.6) is 0 Å². The summed E-state index contributed by atoms with van der Waals surface area (Å²) in [6.07, 6.45) is 0.835. The van der Waals surface area contributed by atoms with Gasteiger partial charge in [-0.05, 0) is 48.6 Å². The topological polar surface area (TPSA) is 92.5 Å². The summed E-state index contributed by atoms with van der Waals surface area (Å²) in [5.41, 5.74) is 1.58. The Balaban J connectivity index is 1.78. The normalized spacial score (nSPS) is 17.7. The zero-order valence-corrected chi connectivity index (χ0v) is 14.2. The van der Waals surface area contributed by atoms with Gasteiger partial charge in [0.1, 0.15) is 0 Å². The second-order valence-corrected chi connectivity index (χ2v) is 7.98. The number of benzene rings is 1. The molecular weight excluding hydrogens is 334 g/mol. The van der Waals surface area contributed by atoms with Gasteiger partial charge in [0, 0.05) is 17.1 Å². The molecule has 2 aromatic rings. The fraction of sp³-hybridized carbons (Fsp3) is 0.267. The maximum absolute atomic E-state index is 12.5. The van der Waals surface area contributed by atoms with Crippen LogP contribution in [0.4, 0.5) is 10.5 Å². The minimum Gasteiger partial charge on any atom is -0.317 e. The Morgan fingerprint density at radius 1 is 1.39 bits per heavy atom. The van der Waals surface area contributed by atoms with Crippen LogP contribution in [0.3, 0.4) is 0 Å². The smallest absolute Gasteiger partial charge is 0.317 e. The molecule has 1 aliphatic rings. The number of nitrogens with one attached hydrogen (secondary N) is 1. The number of hydrogen-bond acceptors (Lipinski definition) is 4. The average Bonchev–Trinajstić information content (AvgIpc) is 2.96. The van der Waals surface area contributed by atoms with E-state index < -0.39 is 10.0 Å². The van der Waals surface area contributed by atoms with Crippen LogP contribution in [0.25, 0.3) is 0 Å². The first-order valence-electron chi connectivity index (χ1n) is 7.13. The van der Waals surface area contributed by atoms with Crippen molar-refractivity contribution in [2.24, 2.45) is 5.14 Å². The molecule has 122 valence electrons. The molecule has 6 nitrogen and oxygen atoms in total. The number of rotatable bonds is 2. The molecule has 1 unspecified atom stereocenters. The molecule has 3 N–H and O–H groups in total. The first-order valence-corrected chi connectivity index (χ1v) is 9.55. The van der Waals surface area contributed by atoms with Crippen molar-refractivity contribution in [3.63, 3.8) is 0 Å². The standard InChI is InChI=1S/C15H17N3O3S2/c1-10-13-6-8-22-14(13)5-7-18(10)15(19)17-11-3-2-4-12(9-11)23(16,20)21/h2-4,6,8-10H,5,7H2,1H3,(H,17,19)(H2,16,20,21). The maximum Gasteiger partial charge on any atom is 0.322 e. The molecule has 1 atom stereocenters. The Bertz CT molecular complexity index is 845. The molecule has 0 spiro atoms. The Morgan fingerprint density at radius 2 is 2.17 bits per heavy atom. The molecule has 0 saturated carbocycles. The molecule has 1 aromatic heterocycles. The van der Waals surface area contributed by atoms with Crippen molar-refractivity contribution in [1.82, 2.24) is 4.90 Å². The quantitative estimate of drug-likeness (QED) is 0.871. The largest absolute Gasteiger partial charge is 0.322 e. The highest BCUT2D eigenvalue weighted by Gasteiger charge is 2.28. The Morgan fingerprint density at radius 3 is 2.91 bits per heavy atom. The van der Waals surface area contributed by atoms with Gasteiger partial charge in [-0.2, -0.15) is 0 Å². The molecule has 1 aliphatic heterocycles. The van der Waals surface area contributed by atoms with Crippen molar-refractivity contribution < 1.29 is 13.2 Å². The molecule has 2 amide bonds. The zero-order valence-electron chi connectivity index (χ0n) is 12.5. The molecule has 8 heteroatoms. The number of carbonyl (C=O) groups excluding carboxylic acids is 1. The third kappa shape index (κ3) is 3.24. The summed E-state index contributed by atoms with van der Waals surface area (Å²) in [4.78, 5) is 15.5. The summed E-state index contributed by atoms with van der Waals surface area (Å²) >= 11 is 1.71. The molecular formula is C15H17N3O3S2. The van der Waals surface area contributed by atoms with Gasteiger partial charge in [0.2, 0.25) is 10.0 Å². The predicted octanol–water partition coefficient (Wildman–Crippen LogP) is 2.55. The number of sulfonamides is 1. The van der Waals surface area contributed by atoms with Crippen LogP contribution in [0, 0.1) is 0 Å². The van der Waals surface area contributed by atoms with Crippen molar-refractivity contribution in [1.29, 1.82) is 0 Å². The van der Waals surface area contributed by atoms with Crippen LogP contribution < -0.4 is 10.5 Å². The van der Waals surface area contributed by atoms with Gasteiger partial charge in [0.15, 0.2) is 0 Å². The summed E-state index contributed by atoms with van der Waals surface area (Å²) < 4.78 is 22.8. The summed E-state index contributed by atoms with van der Waals surface area (Å²) in [5, 5.41) is 9.90.